The Morgan fingerprint density at radius 3 is 1.47 bits per heavy atom. The maximum Gasteiger partial charge on any atom is 0.171 e. The molecule has 0 spiro atoms. The van der Waals surface area contributed by atoms with Crippen LogP contribution in [0.2, 0.25) is 0 Å². The topological polar surface area (TPSA) is 36.9 Å². The van der Waals surface area contributed by atoms with Gasteiger partial charge in [0.25, 0.3) is 0 Å². The standard InChI is InChI=1S/C14H31O4P/c1-7-15-13(5,16-8-2)11-12(19)14(6,17-9-3)18-10-4/h12H,7-11,19H2,1-6H3. The van der Waals surface area contributed by atoms with Crippen LogP contribution >= 0.6 is 9.24 Å². The second-order valence-electron chi connectivity index (χ2n) is 4.69. The Kier molecular flexibility index (Phi) is 9.38. The smallest absolute Gasteiger partial charge is 0.171 e. The van der Waals surface area contributed by atoms with Gasteiger partial charge < -0.3 is 18.9 Å². The van der Waals surface area contributed by atoms with Crippen LogP contribution in [-0.2, 0) is 18.9 Å². The summed E-state index contributed by atoms with van der Waals surface area (Å²) in [5, 5.41) is 0. The summed E-state index contributed by atoms with van der Waals surface area (Å²) >= 11 is 0. The van der Waals surface area contributed by atoms with E-state index in [1.165, 1.54) is 0 Å². The zero-order valence-electron chi connectivity index (χ0n) is 13.3. The van der Waals surface area contributed by atoms with Crippen molar-refractivity contribution >= 4 is 9.24 Å². The van der Waals surface area contributed by atoms with E-state index in [2.05, 4.69) is 9.24 Å². The minimum Gasteiger partial charge on any atom is -0.350 e. The highest BCUT2D eigenvalue weighted by molar-refractivity contribution is 7.17. The zero-order valence-corrected chi connectivity index (χ0v) is 14.5. The second-order valence-corrected chi connectivity index (χ2v) is 5.50. The van der Waals surface area contributed by atoms with Gasteiger partial charge in [0.2, 0.25) is 0 Å². The number of hydrogen-bond acceptors (Lipinski definition) is 4. The van der Waals surface area contributed by atoms with Crippen molar-refractivity contribution in [3.05, 3.63) is 0 Å². The van der Waals surface area contributed by atoms with Crippen LogP contribution in [0.3, 0.4) is 0 Å². The van der Waals surface area contributed by atoms with Crippen molar-refractivity contribution in [1.29, 1.82) is 0 Å². The third kappa shape index (κ3) is 6.50. The summed E-state index contributed by atoms with van der Waals surface area (Å²) in [5.41, 5.74) is 0.0792. The summed E-state index contributed by atoms with van der Waals surface area (Å²) in [6.07, 6.45) is 0.690. The Morgan fingerprint density at radius 2 is 1.16 bits per heavy atom. The Labute approximate surface area is 120 Å². The molecule has 0 aromatic rings. The molecule has 19 heavy (non-hydrogen) atoms. The van der Waals surface area contributed by atoms with Gasteiger partial charge in [-0.1, -0.05) is 0 Å². The van der Waals surface area contributed by atoms with Gasteiger partial charge in [0, 0.05) is 38.5 Å². The van der Waals surface area contributed by atoms with E-state index in [-0.39, 0.29) is 5.66 Å². The minimum absolute atomic E-state index is 0.0792. The molecule has 0 saturated heterocycles. The molecule has 0 N–H and O–H groups in total. The van der Waals surface area contributed by atoms with E-state index < -0.39 is 11.6 Å². The van der Waals surface area contributed by atoms with Crippen LogP contribution in [0.5, 0.6) is 0 Å². The van der Waals surface area contributed by atoms with Gasteiger partial charge in [-0.3, -0.25) is 0 Å². The first-order chi connectivity index (χ1) is 8.87. The van der Waals surface area contributed by atoms with Crippen LogP contribution in [0, 0.1) is 0 Å². The summed E-state index contributed by atoms with van der Waals surface area (Å²) in [7, 11) is 2.80. The van der Waals surface area contributed by atoms with E-state index >= 15 is 0 Å². The first kappa shape index (κ1) is 19.3. The average Bonchev–Trinajstić information content (AvgIpc) is 2.29. The largest absolute Gasteiger partial charge is 0.350 e. The molecule has 116 valence electrons. The van der Waals surface area contributed by atoms with Crippen molar-refractivity contribution in [2.75, 3.05) is 26.4 Å². The van der Waals surface area contributed by atoms with Gasteiger partial charge in [0.15, 0.2) is 11.6 Å². The van der Waals surface area contributed by atoms with E-state index in [0.29, 0.717) is 32.8 Å². The molecule has 0 aliphatic carbocycles. The first-order valence-corrected chi connectivity index (χ1v) is 7.85. The van der Waals surface area contributed by atoms with Crippen molar-refractivity contribution in [3.8, 4) is 0 Å². The van der Waals surface area contributed by atoms with E-state index in [4.69, 9.17) is 18.9 Å². The van der Waals surface area contributed by atoms with E-state index in [1.54, 1.807) is 0 Å². The van der Waals surface area contributed by atoms with Gasteiger partial charge in [-0.2, -0.15) is 0 Å². The molecular weight excluding hydrogens is 263 g/mol. The summed E-state index contributed by atoms with van der Waals surface area (Å²) in [5.74, 6) is -1.24. The summed E-state index contributed by atoms with van der Waals surface area (Å²) in [6, 6.07) is 0. The molecule has 0 rings (SSSR count). The van der Waals surface area contributed by atoms with Gasteiger partial charge in [-0.25, -0.2) is 0 Å². The molecule has 2 atom stereocenters. The molecule has 5 heteroatoms. The molecule has 0 bridgehead atoms. The Balaban J connectivity index is 4.78. The van der Waals surface area contributed by atoms with Crippen LogP contribution < -0.4 is 0 Å². The van der Waals surface area contributed by atoms with Gasteiger partial charge in [0.1, 0.15) is 0 Å². The molecule has 0 aromatic heterocycles. The third-order valence-electron chi connectivity index (χ3n) is 3.03. The van der Waals surface area contributed by atoms with Crippen molar-refractivity contribution in [2.45, 2.75) is 65.2 Å². The molecule has 0 aromatic carbocycles. The Bertz CT molecular complexity index is 223. The second kappa shape index (κ2) is 9.25. The fraction of sp³-hybridized carbons (Fsp3) is 1.00. The van der Waals surface area contributed by atoms with Crippen LogP contribution in [0.1, 0.15) is 48.0 Å². The molecule has 0 radical (unpaired) electrons. The van der Waals surface area contributed by atoms with Crippen molar-refractivity contribution in [1.82, 2.24) is 0 Å². The number of rotatable bonds is 11. The lowest BCUT2D eigenvalue weighted by atomic mass is 10.1. The van der Waals surface area contributed by atoms with Gasteiger partial charge in [-0.15, -0.1) is 9.24 Å². The predicted octanol–water partition coefficient (Wildman–Crippen LogP) is 3.20. The van der Waals surface area contributed by atoms with Crippen LogP contribution in [0.25, 0.3) is 0 Å². The SMILES string of the molecule is CCOC(C)(CC(P)C(C)(OCC)OCC)OCC. The van der Waals surface area contributed by atoms with Crippen LogP contribution in [0.4, 0.5) is 0 Å². The molecule has 0 amide bonds. The monoisotopic (exact) mass is 294 g/mol. The summed E-state index contributed by atoms with van der Waals surface area (Å²) in [4.78, 5) is 0. The van der Waals surface area contributed by atoms with E-state index in [9.17, 15) is 0 Å². The highest BCUT2D eigenvalue weighted by Gasteiger charge is 2.39. The van der Waals surface area contributed by atoms with Crippen LogP contribution in [0.15, 0.2) is 0 Å². The maximum absolute atomic E-state index is 5.78. The zero-order chi connectivity index (χ0) is 14.9. The lowest BCUT2D eigenvalue weighted by Crippen LogP contribution is -2.47. The predicted molar refractivity (Wildman–Crippen MR) is 81.4 cm³/mol. The minimum atomic E-state index is -0.635. The Hall–Kier alpha value is 0.270. The van der Waals surface area contributed by atoms with Crippen molar-refractivity contribution in [3.63, 3.8) is 0 Å². The van der Waals surface area contributed by atoms with E-state index in [1.807, 2.05) is 41.5 Å². The highest BCUT2D eigenvalue weighted by atomic mass is 31.0. The van der Waals surface area contributed by atoms with Gasteiger partial charge >= 0.3 is 0 Å². The quantitative estimate of drug-likeness (QED) is 0.433. The Morgan fingerprint density at radius 1 is 0.789 bits per heavy atom. The van der Waals surface area contributed by atoms with Crippen LogP contribution in [-0.4, -0.2) is 43.7 Å². The third-order valence-corrected chi connectivity index (χ3v) is 3.87. The molecule has 0 aliphatic heterocycles. The summed E-state index contributed by atoms with van der Waals surface area (Å²) < 4.78 is 23.0. The van der Waals surface area contributed by atoms with Gasteiger partial charge in [-0.05, 0) is 41.5 Å². The maximum atomic E-state index is 5.78. The fourth-order valence-electron chi connectivity index (χ4n) is 2.18. The molecule has 2 unspecified atom stereocenters. The molecule has 0 fully saturated rings. The lowest BCUT2D eigenvalue weighted by Gasteiger charge is -2.39. The van der Waals surface area contributed by atoms with Crippen molar-refractivity contribution in [2.24, 2.45) is 0 Å². The molecule has 0 saturated carbocycles. The molecule has 4 nitrogen and oxygen atoms in total. The normalized spacial score (nSPS) is 14.7. The lowest BCUT2D eigenvalue weighted by molar-refractivity contribution is -0.257. The average molecular weight is 294 g/mol. The highest BCUT2D eigenvalue weighted by Crippen LogP contribution is 2.33. The molecule has 0 heterocycles. The number of ether oxygens (including phenoxy) is 4. The fourth-order valence-corrected chi connectivity index (χ4v) is 2.80. The first-order valence-electron chi connectivity index (χ1n) is 7.18. The molecule has 0 aliphatic rings. The van der Waals surface area contributed by atoms with E-state index in [0.717, 1.165) is 0 Å². The van der Waals surface area contributed by atoms with Gasteiger partial charge in [0.05, 0.1) is 0 Å². The number of hydrogen-bond donors (Lipinski definition) is 0. The van der Waals surface area contributed by atoms with Crippen molar-refractivity contribution < 1.29 is 18.9 Å². The summed E-state index contributed by atoms with van der Waals surface area (Å²) in [6.45, 7) is 14.3. The molecular formula is C14H31O4P.